The zero-order chi connectivity index (χ0) is 10.7. The number of para-hydroxylation sites is 1. The van der Waals surface area contributed by atoms with Gasteiger partial charge in [0.05, 0.1) is 12.7 Å². The van der Waals surface area contributed by atoms with Crippen molar-refractivity contribution in [1.82, 2.24) is 0 Å². The molecule has 1 aromatic carbocycles. The summed E-state index contributed by atoms with van der Waals surface area (Å²) in [6, 6.07) is 5.80. The maximum Gasteiger partial charge on any atom is 0.176 e. The van der Waals surface area contributed by atoms with E-state index in [9.17, 15) is 0 Å². The Labute approximate surface area is 88.8 Å². The number of furan rings is 1. The average Bonchev–Trinajstić information content (AvgIpc) is 2.69. The lowest BCUT2D eigenvalue weighted by Crippen LogP contribution is -1.82. The van der Waals surface area contributed by atoms with Gasteiger partial charge in [-0.3, -0.25) is 0 Å². The fraction of sp³-hybridized carbons (Fsp3) is 0.231. The van der Waals surface area contributed by atoms with Crippen molar-refractivity contribution in [3.8, 4) is 17.6 Å². The first-order valence-electron chi connectivity index (χ1n) is 4.90. The van der Waals surface area contributed by atoms with Gasteiger partial charge in [0.2, 0.25) is 0 Å². The van der Waals surface area contributed by atoms with Crippen molar-refractivity contribution in [2.45, 2.75) is 13.3 Å². The van der Waals surface area contributed by atoms with Gasteiger partial charge in [-0.1, -0.05) is 24.8 Å². The van der Waals surface area contributed by atoms with Crippen molar-refractivity contribution in [3.63, 3.8) is 0 Å². The van der Waals surface area contributed by atoms with Crippen LogP contribution in [-0.4, -0.2) is 7.11 Å². The van der Waals surface area contributed by atoms with Crippen LogP contribution in [0.4, 0.5) is 0 Å². The molecule has 0 saturated carbocycles. The highest BCUT2D eigenvalue weighted by Gasteiger charge is 2.07. The van der Waals surface area contributed by atoms with E-state index in [4.69, 9.17) is 9.15 Å². The van der Waals surface area contributed by atoms with Crippen LogP contribution >= 0.6 is 0 Å². The van der Waals surface area contributed by atoms with E-state index in [1.54, 1.807) is 13.4 Å². The fourth-order valence-corrected chi connectivity index (χ4v) is 1.47. The Morgan fingerprint density at radius 2 is 2.27 bits per heavy atom. The monoisotopic (exact) mass is 200 g/mol. The minimum absolute atomic E-state index is 0.747. The molecule has 0 bridgehead atoms. The van der Waals surface area contributed by atoms with E-state index in [1.807, 2.05) is 25.1 Å². The van der Waals surface area contributed by atoms with Gasteiger partial charge >= 0.3 is 0 Å². The quantitative estimate of drug-likeness (QED) is 0.659. The van der Waals surface area contributed by atoms with E-state index < -0.39 is 0 Å². The van der Waals surface area contributed by atoms with Crippen molar-refractivity contribution >= 4 is 11.0 Å². The van der Waals surface area contributed by atoms with Crippen LogP contribution in [0, 0.1) is 11.8 Å². The zero-order valence-corrected chi connectivity index (χ0v) is 8.83. The Bertz CT molecular complexity index is 526. The van der Waals surface area contributed by atoms with Gasteiger partial charge in [-0.25, -0.2) is 0 Å². The molecule has 0 spiro atoms. The Morgan fingerprint density at radius 1 is 1.40 bits per heavy atom. The van der Waals surface area contributed by atoms with Crippen LogP contribution in [-0.2, 0) is 0 Å². The summed E-state index contributed by atoms with van der Waals surface area (Å²) in [6.45, 7) is 2.02. The Hall–Kier alpha value is -1.88. The summed E-state index contributed by atoms with van der Waals surface area (Å²) in [6.07, 6.45) is 2.52. The van der Waals surface area contributed by atoms with E-state index in [-0.39, 0.29) is 0 Å². The van der Waals surface area contributed by atoms with Crippen molar-refractivity contribution in [2.24, 2.45) is 0 Å². The number of hydrogen-bond donors (Lipinski definition) is 0. The molecule has 0 N–H and O–H groups in total. The first-order chi connectivity index (χ1) is 7.36. The van der Waals surface area contributed by atoms with Crippen molar-refractivity contribution in [3.05, 3.63) is 30.0 Å². The topological polar surface area (TPSA) is 22.4 Å². The smallest absolute Gasteiger partial charge is 0.176 e. The van der Waals surface area contributed by atoms with Crippen LogP contribution in [0.25, 0.3) is 11.0 Å². The lowest BCUT2D eigenvalue weighted by molar-refractivity contribution is 0.410. The van der Waals surface area contributed by atoms with Gasteiger partial charge in [-0.2, -0.15) is 0 Å². The first-order valence-corrected chi connectivity index (χ1v) is 4.90. The summed E-state index contributed by atoms with van der Waals surface area (Å²) in [5.41, 5.74) is 1.69. The second kappa shape index (κ2) is 4.10. The lowest BCUT2D eigenvalue weighted by atomic mass is 10.1. The van der Waals surface area contributed by atoms with Crippen molar-refractivity contribution < 1.29 is 9.15 Å². The summed E-state index contributed by atoms with van der Waals surface area (Å²) in [5, 5.41) is 1.01. The molecule has 0 radical (unpaired) electrons. The van der Waals surface area contributed by atoms with E-state index >= 15 is 0 Å². The third-order valence-corrected chi connectivity index (χ3v) is 2.18. The van der Waals surface area contributed by atoms with Crippen LogP contribution in [0.2, 0.25) is 0 Å². The van der Waals surface area contributed by atoms with Gasteiger partial charge in [0.15, 0.2) is 11.3 Å². The Morgan fingerprint density at radius 3 is 3.00 bits per heavy atom. The predicted molar refractivity (Wildman–Crippen MR) is 59.9 cm³/mol. The molecule has 0 aliphatic carbocycles. The highest BCUT2D eigenvalue weighted by Crippen LogP contribution is 2.28. The molecule has 0 atom stereocenters. The molecule has 0 fully saturated rings. The standard InChI is InChI=1S/C13H12O2/c1-3-4-6-10-9-15-13-11(10)7-5-8-12(13)14-2/h5,7-9H,3H2,1-2H3. The molecule has 0 aliphatic rings. The summed E-state index contributed by atoms with van der Waals surface area (Å²) in [5.74, 6) is 6.85. The molecule has 15 heavy (non-hydrogen) atoms. The minimum atomic E-state index is 0.747. The molecule has 0 saturated heterocycles. The number of methoxy groups -OCH3 is 1. The average molecular weight is 200 g/mol. The maximum absolute atomic E-state index is 5.44. The number of fused-ring (bicyclic) bond motifs is 1. The van der Waals surface area contributed by atoms with E-state index in [1.165, 1.54) is 0 Å². The molecule has 2 rings (SSSR count). The van der Waals surface area contributed by atoms with Gasteiger partial charge in [0.25, 0.3) is 0 Å². The van der Waals surface area contributed by atoms with Gasteiger partial charge in [-0.05, 0) is 12.1 Å². The number of rotatable bonds is 1. The Balaban J connectivity index is 2.60. The molecule has 0 amide bonds. The molecule has 1 aromatic heterocycles. The van der Waals surface area contributed by atoms with Crippen LogP contribution in [0.15, 0.2) is 28.9 Å². The van der Waals surface area contributed by atoms with E-state index in [0.717, 1.165) is 28.7 Å². The number of hydrogen-bond acceptors (Lipinski definition) is 2. The number of benzene rings is 1. The van der Waals surface area contributed by atoms with Crippen LogP contribution < -0.4 is 4.74 Å². The summed E-state index contributed by atoms with van der Waals surface area (Å²) >= 11 is 0. The van der Waals surface area contributed by atoms with Gasteiger partial charge in [0, 0.05) is 11.8 Å². The van der Waals surface area contributed by atoms with Crippen molar-refractivity contribution in [2.75, 3.05) is 7.11 Å². The minimum Gasteiger partial charge on any atom is -0.493 e. The second-order valence-electron chi connectivity index (χ2n) is 3.14. The third kappa shape index (κ3) is 1.69. The molecular formula is C13H12O2. The van der Waals surface area contributed by atoms with E-state index in [0.29, 0.717) is 0 Å². The second-order valence-corrected chi connectivity index (χ2v) is 3.14. The lowest BCUT2D eigenvalue weighted by Gasteiger charge is -1.98. The summed E-state index contributed by atoms with van der Waals surface area (Å²) < 4.78 is 10.6. The van der Waals surface area contributed by atoms with E-state index in [2.05, 4.69) is 11.8 Å². The molecule has 2 nitrogen and oxygen atoms in total. The predicted octanol–water partition coefficient (Wildman–Crippen LogP) is 3.20. The van der Waals surface area contributed by atoms with Gasteiger partial charge in [0.1, 0.15) is 6.26 Å². The maximum atomic E-state index is 5.44. The van der Waals surface area contributed by atoms with Crippen LogP contribution in [0.1, 0.15) is 18.9 Å². The normalized spacial score (nSPS) is 9.73. The van der Waals surface area contributed by atoms with Crippen LogP contribution in [0.3, 0.4) is 0 Å². The molecule has 0 aliphatic heterocycles. The molecule has 0 unspecified atom stereocenters. The van der Waals surface area contributed by atoms with Gasteiger partial charge < -0.3 is 9.15 Å². The largest absolute Gasteiger partial charge is 0.493 e. The van der Waals surface area contributed by atoms with Crippen molar-refractivity contribution in [1.29, 1.82) is 0 Å². The Kier molecular flexibility index (Phi) is 2.64. The molecule has 1 heterocycles. The molecule has 2 heteroatoms. The number of ether oxygens (including phenoxy) is 1. The summed E-state index contributed by atoms with van der Waals surface area (Å²) in [7, 11) is 1.63. The highest BCUT2D eigenvalue weighted by atomic mass is 16.5. The molecular weight excluding hydrogens is 188 g/mol. The molecule has 2 aromatic rings. The highest BCUT2D eigenvalue weighted by molar-refractivity contribution is 5.88. The SMILES string of the molecule is CCC#Cc1coc2c(OC)cccc12. The first kappa shape index (κ1) is 9.67. The third-order valence-electron chi connectivity index (χ3n) is 2.18. The van der Waals surface area contributed by atoms with Gasteiger partial charge in [-0.15, -0.1) is 0 Å². The molecule has 76 valence electrons. The zero-order valence-electron chi connectivity index (χ0n) is 8.83. The fourth-order valence-electron chi connectivity index (χ4n) is 1.47. The van der Waals surface area contributed by atoms with Crippen LogP contribution in [0.5, 0.6) is 5.75 Å². The summed E-state index contributed by atoms with van der Waals surface area (Å²) in [4.78, 5) is 0.